The van der Waals surface area contributed by atoms with E-state index in [1.54, 1.807) is 11.3 Å². The maximum Gasteiger partial charge on any atom is 0.258 e. The fourth-order valence-corrected chi connectivity index (χ4v) is 4.98. The van der Waals surface area contributed by atoms with Crippen LogP contribution < -0.4 is 5.32 Å². The summed E-state index contributed by atoms with van der Waals surface area (Å²) in [7, 11) is 0. The standard InChI is InChI=1S/C20H13N3OS2/c1-11-21-17-16(25-11)10-9-15-18(17)26-20(22-15)23-19(24)14-8-4-6-12-5-2-3-7-13(12)14/h2-10H,1H3,(H,22,23,24). The van der Waals surface area contributed by atoms with Gasteiger partial charge >= 0.3 is 0 Å². The van der Waals surface area contributed by atoms with Crippen LogP contribution in [0, 0.1) is 6.92 Å². The molecule has 6 heteroatoms. The lowest BCUT2D eigenvalue weighted by Gasteiger charge is -2.05. The summed E-state index contributed by atoms with van der Waals surface area (Å²) in [6.45, 7) is 2.00. The lowest BCUT2D eigenvalue weighted by atomic mass is 10.0. The number of nitrogens with one attached hydrogen (secondary N) is 1. The van der Waals surface area contributed by atoms with E-state index in [4.69, 9.17) is 0 Å². The molecule has 26 heavy (non-hydrogen) atoms. The number of hydrogen-bond donors (Lipinski definition) is 1. The Morgan fingerprint density at radius 3 is 2.73 bits per heavy atom. The second-order valence-corrected chi connectivity index (χ2v) is 8.23. The molecule has 0 atom stereocenters. The van der Waals surface area contributed by atoms with E-state index in [1.807, 2.05) is 61.5 Å². The smallest absolute Gasteiger partial charge is 0.258 e. The first-order chi connectivity index (χ1) is 12.7. The molecule has 5 rings (SSSR count). The molecule has 0 unspecified atom stereocenters. The molecule has 4 nitrogen and oxygen atoms in total. The zero-order chi connectivity index (χ0) is 17.7. The van der Waals surface area contributed by atoms with Crippen LogP contribution in [0.5, 0.6) is 0 Å². The molecule has 1 amide bonds. The van der Waals surface area contributed by atoms with Crippen molar-refractivity contribution in [3.05, 3.63) is 65.2 Å². The molecule has 0 spiro atoms. The topological polar surface area (TPSA) is 54.9 Å². The molecule has 0 radical (unpaired) electrons. The summed E-state index contributed by atoms with van der Waals surface area (Å²) in [5.41, 5.74) is 2.48. The van der Waals surface area contributed by atoms with E-state index in [0.717, 1.165) is 36.2 Å². The van der Waals surface area contributed by atoms with Crippen molar-refractivity contribution in [2.24, 2.45) is 0 Å². The van der Waals surface area contributed by atoms with Crippen LogP contribution >= 0.6 is 22.7 Å². The largest absolute Gasteiger partial charge is 0.298 e. The van der Waals surface area contributed by atoms with Crippen LogP contribution in [0.4, 0.5) is 5.13 Å². The monoisotopic (exact) mass is 375 g/mol. The summed E-state index contributed by atoms with van der Waals surface area (Å²) in [6.07, 6.45) is 0. The molecule has 126 valence electrons. The van der Waals surface area contributed by atoms with Gasteiger partial charge in [-0.1, -0.05) is 47.7 Å². The average molecular weight is 375 g/mol. The Morgan fingerprint density at radius 1 is 0.962 bits per heavy atom. The lowest BCUT2D eigenvalue weighted by molar-refractivity contribution is 0.102. The van der Waals surface area contributed by atoms with Gasteiger partial charge < -0.3 is 0 Å². The third-order valence-corrected chi connectivity index (χ3v) is 6.21. The van der Waals surface area contributed by atoms with Crippen LogP contribution in [-0.4, -0.2) is 15.9 Å². The zero-order valence-electron chi connectivity index (χ0n) is 13.8. The predicted molar refractivity (Wildman–Crippen MR) is 109 cm³/mol. The first-order valence-electron chi connectivity index (χ1n) is 8.15. The van der Waals surface area contributed by atoms with Crippen molar-refractivity contribution in [2.45, 2.75) is 6.92 Å². The third kappa shape index (κ3) is 2.46. The summed E-state index contributed by atoms with van der Waals surface area (Å²) in [5.74, 6) is -0.147. The van der Waals surface area contributed by atoms with Crippen molar-refractivity contribution in [3.63, 3.8) is 0 Å². The molecular formula is C20H13N3OS2. The number of aryl methyl sites for hydroxylation is 1. The molecular weight excluding hydrogens is 362 g/mol. The molecule has 2 aromatic heterocycles. The molecule has 5 aromatic rings. The van der Waals surface area contributed by atoms with Crippen molar-refractivity contribution >= 4 is 64.9 Å². The minimum absolute atomic E-state index is 0.147. The number of anilines is 1. The highest BCUT2D eigenvalue weighted by molar-refractivity contribution is 7.24. The van der Waals surface area contributed by atoms with Crippen molar-refractivity contribution in [2.75, 3.05) is 5.32 Å². The molecule has 0 saturated heterocycles. The van der Waals surface area contributed by atoms with Gasteiger partial charge in [0.2, 0.25) is 0 Å². The minimum atomic E-state index is -0.147. The van der Waals surface area contributed by atoms with Gasteiger partial charge in [0, 0.05) is 5.56 Å². The van der Waals surface area contributed by atoms with Gasteiger partial charge in [0.05, 0.1) is 19.9 Å². The van der Waals surface area contributed by atoms with Gasteiger partial charge in [-0.05, 0) is 35.9 Å². The second kappa shape index (κ2) is 5.86. The fourth-order valence-electron chi connectivity index (χ4n) is 3.13. The first-order valence-corrected chi connectivity index (χ1v) is 9.78. The Hall–Kier alpha value is -2.83. The van der Waals surface area contributed by atoms with Gasteiger partial charge in [-0.2, -0.15) is 0 Å². The minimum Gasteiger partial charge on any atom is -0.298 e. The van der Waals surface area contributed by atoms with Gasteiger partial charge in [0.25, 0.3) is 5.91 Å². The molecule has 0 fully saturated rings. The summed E-state index contributed by atoms with van der Waals surface area (Å²) < 4.78 is 2.16. The molecule has 2 heterocycles. The maximum atomic E-state index is 12.8. The van der Waals surface area contributed by atoms with Gasteiger partial charge in [-0.15, -0.1) is 11.3 Å². The molecule has 0 saturated carbocycles. The first kappa shape index (κ1) is 15.4. The van der Waals surface area contributed by atoms with Gasteiger partial charge in [0.15, 0.2) is 5.13 Å². The van der Waals surface area contributed by atoms with E-state index in [-0.39, 0.29) is 5.91 Å². The van der Waals surface area contributed by atoms with Crippen molar-refractivity contribution in [3.8, 4) is 0 Å². The van der Waals surface area contributed by atoms with Gasteiger partial charge in [-0.3, -0.25) is 10.1 Å². The molecule has 3 aromatic carbocycles. The van der Waals surface area contributed by atoms with Crippen molar-refractivity contribution in [1.29, 1.82) is 0 Å². The number of hydrogen-bond acceptors (Lipinski definition) is 5. The van der Waals surface area contributed by atoms with Crippen molar-refractivity contribution in [1.82, 2.24) is 9.97 Å². The molecule has 0 aliphatic carbocycles. The van der Waals surface area contributed by atoms with Crippen LogP contribution in [0.2, 0.25) is 0 Å². The molecule has 0 aliphatic heterocycles. The Morgan fingerprint density at radius 2 is 1.81 bits per heavy atom. The number of amides is 1. The van der Waals surface area contributed by atoms with E-state index in [1.165, 1.54) is 11.3 Å². The van der Waals surface area contributed by atoms with E-state index in [9.17, 15) is 4.79 Å². The maximum absolute atomic E-state index is 12.8. The van der Waals surface area contributed by atoms with Crippen LogP contribution in [0.25, 0.3) is 31.2 Å². The number of thiazole rings is 2. The summed E-state index contributed by atoms with van der Waals surface area (Å²) in [6, 6.07) is 17.7. The Labute approximate surface area is 157 Å². The number of benzene rings is 3. The number of aromatic nitrogens is 2. The number of nitrogens with zero attached hydrogens (tertiary/aromatic N) is 2. The summed E-state index contributed by atoms with van der Waals surface area (Å²) in [4.78, 5) is 22.0. The number of rotatable bonds is 2. The highest BCUT2D eigenvalue weighted by atomic mass is 32.1. The summed E-state index contributed by atoms with van der Waals surface area (Å²) >= 11 is 3.14. The van der Waals surface area contributed by atoms with E-state index in [0.29, 0.717) is 10.7 Å². The Balaban J connectivity index is 1.56. The summed E-state index contributed by atoms with van der Waals surface area (Å²) in [5, 5.41) is 6.56. The van der Waals surface area contributed by atoms with Crippen LogP contribution in [0.3, 0.4) is 0 Å². The van der Waals surface area contributed by atoms with Crippen LogP contribution in [-0.2, 0) is 0 Å². The highest BCUT2D eigenvalue weighted by Crippen LogP contribution is 2.35. The lowest BCUT2D eigenvalue weighted by Crippen LogP contribution is -2.12. The highest BCUT2D eigenvalue weighted by Gasteiger charge is 2.15. The number of fused-ring (bicyclic) bond motifs is 4. The number of carbonyl (C=O) groups is 1. The van der Waals surface area contributed by atoms with Crippen LogP contribution in [0.1, 0.15) is 15.4 Å². The van der Waals surface area contributed by atoms with E-state index >= 15 is 0 Å². The fraction of sp³-hybridized carbons (Fsp3) is 0.0500. The average Bonchev–Trinajstić information content (AvgIpc) is 3.23. The van der Waals surface area contributed by atoms with Gasteiger partial charge in [0.1, 0.15) is 5.52 Å². The predicted octanol–water partition coefficient (Wildman–Crippen LogP) is 5.62. The molecule has 0 aliphatic rings. The Kier molecular flexibility index (Phi) is 3.48. The van der Waals surface area contributed by atoms with E-state index < -0.39 is 0 Å². The molecule has 0 bridgehead atoms. The SMILES string of the molecule is Cc1nc2c(ccc3nc(NC(=O)c4cccc5ccccc45)sc32)s1. The third-order valence-electron chi connectivity index (χ3n) is 4.28. The van der Waals surface area contributed by atoms with E-state index in [2.05, 4.69) is 15.3 Å². The quantitative estimate of drug-likeness (QED) is 0.436. The van der Waals surface area contributed by atoms with Crippen LogP contribution in [0.15, 0.2) is 54.6 Å². The normalized spacial score (nSPS) is 11.4. The zero-order valence-corrected chi connectivity index (χ0v) is 15.4. The van der Waals surface area contributed by atoms with Gasteiger partial charge in [-0.25, -0.2) is 9.97 Å². The Bertz CT molecular complexity index is 1300. The molecule has 1 N–H and O–H groups in total. The number of carbonyl (C=O) groups excluding carboxylic acids is 1. The second-order valence-electron chi connectivity index (χ2n) is 5.99. The van der Waals surface area contributed by atoms with Crippen molar-refractivity contribution < 1.29 is 4.79 Å².